The van der Waals surface area contributed by atoms with Crippen molar-refractivity contribution in [3.63, 3.8) is 0 Å². The number of alkyl halides is 3. The van der Waals surface area contributed by atoms with Crippen molar-refractivity contribution >= 4 is 17.6 Å². The molecule has 8 nitrogen and oxygen atoms in total. The van der Waals surface area contributed by atoms with Crippen molar-refractivity contribution in [3.8, 4) is 6.07 Å². The minimum Gasteiger partial charge on any atom is -0.365 e. The van der Waals surface area contributed by atoms with Gasteiger partial charge < -0.3 is 16.4 Å². The average Bonchev–Trinajstić information content (AvgIpc) is 3.43. The van der Waals surface area contributed by atoms with Crippen LogP contribution >= 0.6 is 0 Å². The van der Waals surface area contributed by atoms with Crippen molar-refractivity contribution in [1.29, 1.82) is 5.26 Å². The molecule has 2 aliphatic carbocycles. The molecule has 0 aromatic carbocycles. The number of nitriles is 1. The Morgan fingerprint density at radius 2 is 1.97 bits per heavy atom. The Morgan fingerprint density at radius 1 is 1.30 bits per heavy atom. The van der Waals surface area contributed by atoms with Gasteiger partial charge in [-0.2, -0.15) is 23.5 Å². The van der Waals surface area contributed by atoms with Gasteiger partial charge in [0.05, 0.1) is 24.6 Å². The summed E-state index contributed by atoms with van der Waals surface area (Å²) >= 11 is 0. The van der Waals surface area contributed by atoms with Crippen LogP contribution in [0.3, 0.4) is 0 Å². The van der Waals surface area contributed by atoms with Gasteiger partial charge in [-0.05, 0) is 51.0 Å². The van der Waals surface area contributed by atoms with Gasteiger partial charge in [0.15, 0.2) is 5.82 Å². The Kier molecular flexibility index (Phi) is 6.36. The van der Waals surface area contributed by atoms with Crippen LogP contribution in [0.25, 0.3) is 0 Å². The Morgan fingerprint density at radius 3 is 2.50 bits per heavy atom. The van der Waals surface area contributed by atoms with Crippen LogP contribution in [0.1, 0.15) is 55.3 Å². The van der Waals surface area contributed by atoms with E-state index in [0.29, 0.717) is 25.7 Å². The van der Waals surface area contributed by atoms with Gasteiger partial charge in [-0.25, -0.2) is 0 Å². The SMILES string of the molecule is N#CCC1(n2cc(C(N)=O)c(NC(=O)C3CC3)n2)CCC(CNCC(F)(F)F)CC1. The van der Waals surface area contributed by atoms with E-state index in [1.807, 2.05) is 0 Å². The minimum atomic E-state index is -4.25. The first-order valence-corrected chi connectivity index (χ1v) is 9.99. The highest BCUT2D eigenvalue weighted by atomic mass is 19.4. The van der Waals surface area contributed by atoms with E-state index in [9.17, 15) is 28.0 Å². The molecule has 2 fully saturated rings. The van der Waals surface area contributed by atoms with Crippen LogP contribution < -0.4 is 16.4 Å². The lowest BCUT2D eigenvalue weighted by Gasteiger charge is -2.39. The largest absolute Gasteiger partial charge is 0.401 e. The Labute approximate surface area is 172 Å². The molecule has 2 aliphatic rings. The third kappa shape index (κ3) is 5.30. The van der Waals surface area contributed by atoms with Crippen molar-refractivity contribution in [2.24, 2.45) is 17.6 Å². The predicted octanol–water partition coefficient (Wildman–Crippen LogP) is 2.28. The smallest absolute Gasteiger partial charge is 0.365 e. The second kappa shape index (κ2) is 8.63. The van der Waals surface area contributed by atoms with Crippen LogP contribution in [-0.2, 0) is 10.3 Å². The molecule has 30 heavy (non-hydrogen) atoms. The molecule has 11 heteroatoms. The number of aromatic nitrogens is 2. The van der Waals surface area contributed by atoms with E-state index in [0.717, 1.165) is 12.8 Å². The van der Waals surface area contributed by atoms with Gasteiger partial charge in [-0.3, -0.25) is 14.3 Å². The molecule has 2 amide bonds. The van der Waals surface area contributed by atoms with Crippen LogP contribution in [0.2, 0.25) is 0 Å². The molecule has 0 bridgehead atoms. The fraction of sp³-hybridized carbons (Fsp3) is 0.684. The number of rotatable bonds is 8. The lowest BCUT2D eigenvalue weighted by molar-refractivity contribution is -0.125. The maximum absolute atomic E-state index is 12.3. The monoisotopic (exact) mass is 426 g/mol. The van der Waals surface area contributed by atoms with Crippen LogP contribution in [0.5, 0.6) is 0 Å². The molecule has 1 aromatic heterocycles. The molecule has 2 saturated carbocycles. The number of carbonyl (C=O) groups excluding carboxylic acids is 2. The summed E-state index contributed by atoms with van der Waals surface area (Å²) in [6.45, 7) is -0.783. The van der Waals surface area contributed by atoms with Gasteiger partial charge in [0, 0.05) is 12.1 Å². The lowest BCUT2D eigenvalue weighted by Crippen LogP contribution is -2.41. The topological polar surface area (TPSA) is 126 Å². The first-order chi connectivity index (χ1) is 14.1. The van der Waals surface area contributed by atoms with E-state index in [2.05, 4.69) is 21.8 Å². The first-order valence-electron chi connectivity index (χ1n) is 9.99. The quantitative estimate of drug-likeness (QED) is 0.588. The molecule has 3 rings (SSSR count). The van der Waals surface area contributed by atoms with Crippen LogP contribution in [0.4, 0.5) is 19.0 Å². The zero-order valence-electron chi connectivity index (χ0n) is 16.5. The zero-order valence-corrected chi connectivity index (χ0v) is 16.5. The Bertz CT molecular complexity index is 832. The third-order valence-corrected chi connectivity index (χ3v) is 5.86. The molecule has 0 unspecified atom stereocenters. The van der Waals surface area contributed by atoms with Gasteiger partial charge in [-0.15, -0.1) is 0 Å². The number of carbonyl (C=O) groups is 2. The molecule has 164 valence electrons. The second-order valence-corrected chi connectivity index (χ2v) is 8.21. The third-order valence-electron chi connectivity index (χ3n) is 5.86. The normalized spacial score (nSPS) is 24.3. The number of hydrogen-bond donors (Lipinski definition) is 3. The number of anilines is 1. The number of nitrogens with zero attached hydrogens (tertiary/aromatic N) is 3. The van der Waals surface area contributed by atoms with E-state index in [1.54, 1.807) is 0 Å². The van der Waals surface area contributed by atoms with E-state index in [4.69, 9.17) is 5.73 Å². The van der Waals surface area contributed by atoms with Crippen LogP contribution in [-0.4, -0.2) is 40.9 Å². The number of amides is 2. The van der Waals surface area contributed by atoms with Gasteiger partial charge >= 0.3 is 6.18 Å². The van der Waals surface area contributed by atoms with E-state index >= 15 is 0 Å². The van der Waals surface area contributed by atoms with E-state index in [-0.39, 0.29) is 42.1 Å². The van der Waals surface area contributed by atoms with E-state index < -0.39 is 24.2 Å². The summed E-state index contributed by atoms with van der Waals surface area (Å²) in [7, 11) is 0. The summed E-state index contributed by atoms with van der Waals surface area (Å²) in [6.07, 6.45) is 1.20. The number of nitrogens with one attached hydrogen (secondary N) is 2. The molecular formula is C19H25F3N6O2. The molecule has 4 N–H and O–H groups in total. The summed E-state index contributed by atoms with van der Waals surface area (Å²) in [4.78, 5) is 24.0. The van der Waals surface area contributed by atoms with Gasteiger partial charge in [0.25, 0.3) is 5.91 Å². The molecule has 0 saturated heterocycles. The van der Waals surface area contributed by atoms with Gasteiger partial charge in [0.1, 0.15) is 5.56 Å². The standard InChI is InChI=1S/C19H25F3N6O2/c20-19(21,22)11-25-9-12-3-5-18(6-4-12,7-8-23)28-10-14(15(24)29)16(27-28)26-17(30)13-1-2-13/h10,12-13,25H,1-7,9,11H2,(H2,24,29)(H,26,27,30). The van der Waals surface area contributed by atoms with Crippen LogP contribution in [0, 0.1) is 23.2 Å². The zero-order chi connectivity index (χ0) is 21.9. The van der Waals surface area contributed by atoms with Crippen molar-refractivity contribution in [2.75, 3.05) is 18.4 Å². The maximum atomic E-state index is 12.3. The number of primary amides is 1. The van der Waals surface area contributed by atoms with Gasteiger partial charge in [-0.1, -0.05) is 0 Å². The summed E-state index contributed by atoms with van der Waals surface area (Å²) in [5.41, 5.74) is 4.83. The number of hydrogen-bond acceptors (Lipinski definition) is 5. The van der Waals surface area contributed by atoms with E-state index in [1.165, 1.54) is 10.9 Å². The van der Waals surface area contributed by atoms with Crippen molar-refractivity contribution in [2.45, 2.75) is 56.7 Å². The molecule has 0 radical (unpaired) electrons. The fourth-order valence-corrected chi connectivity index (χ4v) is 3.92. The lowest BCUT2D eigenvalue weighted by atomic mass is 9.75. The highest BCUT2D eigenvalue weighted by Crippen LogP contribution is 2.40. The van der Waals surface area contributed by atoms with Crippen LogP contribution in [0.15, 0.2) is 6.20 Å². The fourth-order valence-electron chi connectivity index (χ4n) is 3.92. The summed E-state index contributed by atoms with van der Waals surface area (Å²) in [6, 6.07) is 2.15. The van der Waals surface area contributed by atoms with Crippen molar-refractivity contribution < 1.29 is 22.8 Å². The highest BCUT2D eigenvalue weighted by molar-refractivity contribution is 6.02. The molecule has 0 atom stereocenters. The summed E-state index contributed by atoms with van der Waals surface area (Å²) in [5.74, 6) is -0.880. The van der Waals surface area contributed by atoms with Gasteiger partial charge in [0.2, 0.25) is 5.91 Å². The van der Waals surface area contributed by atoms with Crippen molar-refractivity contribution in [1.82, 2.24) is 15.1 Å². The molecule has 1 heterocycles. The predicted molar refractivity (Wildman–Crippen MR) is 101 cm³/mol. The Balaban J connectivity index is 1.72. The molecule has 0 aliphatic heterocycles. The maximum Gasteiger partial charge on any atom is 0.401 e. The second-order valence-electron chi connectivity index (χ2n) is 8.21. The summed E-state index contributed by atoms with van der Waals surface area (Å²) in [5, 5.41) is 18.8. The average molecular weight is 426 g/mol. The molecular weight excluding hydrogens is 401 g/mol. The minimum absolute atomic E-state index is 0.0550. The highest BCUT2D eigenvalue weighted by Gasteiger charge is 2.39. The molecule has 1 aromatic rings. The van der Waals surface area contributed by atoms with Crippen molar-refractivity contribution in [3.05, 3.63) is 11.8 Å². The summed E-state index contributed by atoms with van der Waals surface area (Å²) < 4.78 is 38.5. The molecule has 0 spiro atoms. The number of halogens is 3. The Hall–Kier alpha value is -2.61. The number of nitrogens with two attached hydrogens (primary N) is 1. The first kappa shape index (κ1) is 22.1.